The maximum atomic E-state index is 11.1. The Kier molecular flexibility index (Phi) is 3.70. The predicted molar refractivity (Wildman–Crippen MR) is 49.4 cm³/mol. The van der Waals surface area contributed by atoms with E-state index >= 15 is 0 Å². The predicted octanol–water partition coefficient (Wildman–Crippen LogP) is -1.32. The lowest BCUT2D eigenvalue weighted by atomic mass is 9.93. The average molecular weight is 201 g/mol. The van der Waals surface area contributed by atoms with Crippen molar-refractivity contribution >= 4 is 11.9 Å². The zero-order chi connectivity index (χ0) is 10.6. The largest absolute Gasteiger partial charge is 0.381 e. The highest BCUT2D eigenvalue weighted by molar-refractivity contribution is 5.80. The third-order valence-electron chi connectivity index (χ3n) is 2.22. The minimum absolute atomic E-state index is 0.145. The van der Waals surface area contributed by atoms with Gasteiger partial charge >= 0.3 is 6.03 Å². The van der Waals surface area contributed by atoms with Gasteiger partial charge in [-0.1, -0.05) is 0 Å². The summed E-state index contributed by atoms with van der Waals surface area (Å²) in [5, 5.41) is 14.0. The van der Waals surface area contributed by atoms with Crippen LogP contribution in [0, 0.1) is 0 Å². The maximum absolute atomic E-state index is 11.1. The molecule has 80 valence electrons. The molecule has 0 spiro atoms. The molecule has 0 bridgehead atoms. The van der Waals surface area contributed by atoms with Crippen LogP contribution in [0.25, 0.3) is 0 Å². The Hall–Kier alpha value is -1.30. The van der Waals surface area contributed by atoms with Gasteiger partial charge in [0, 0.05) is 6.04 Å². The molecular formula is C8H15N3O3. The molecular weight excluding hydrogens is 186 g/mol. The third-order valence-corrected chi connectivity index (χ3v) is 2.22. The molecule has 1 atom stereocenters. The standard InChI is InChI=1S/C8H15N3O3/c9-7(13)6(12)4-10-8(14)11-5-2-1-3-5/h5-6,12H,1-4H2,(H2,9,13)(H2,10,11,14). The molecule has 14 heavy (non-hydrogen) atoms. The van der Waals surface area contributed by atoms with E-state index in [1.165, 1.54) is 0 Å². The number of amides is 3. The summed E-state index contributed by atoms with van der Waals surface area (Å²) in [5.74, 6) is -0.839. The Balaban J connectivity index is 2.10. The third kappa shape index (κ3) is 3.21. The fraction of sp³-hybridized carbons (Fsp3) is 0.750. The van der Waals surface area contributed by atoms with Crippen molar-refractivity contribution in [3.05, 3.63) is 0 Å². The molecule has 0 aromatic heterocycles. The number of carbonyl (C=O) groups is 2. The van der Waals surface area contributed by atoms with Crippen LogP contribution in [0.3, 0.4) is 0 Å². The Bertz CT molecular complexity index is 228. The van der Waals surface area contributed by atoms with Crippen LogP contribution in [0.2, 0.25) is 0 Å². The van der Waals surface area contributed by atoms with Crippen LogP contribution in [0.5, 0.6) is 0 Å². The summed E-state index contributed by atoms with van der Waals surface area (Å²) in [7, 11) is 0. The lowest BCUT2D eigenvalue weighted by Crippen LogP contribution is -2.48. The van der Waals surface area contributed by atoms with E-state index in [1.54, 1.807) is 0 Å². The molecule has 5 N–H and O–H groups in total. The number of aliphatic hydroxyl groups excluding tert-OH is 1. The van der Waals surface area contributed by atoms with E-state index in [0.29, 0.717) is 0 Å². The van der Waals surface area contributed by atoms with Gasteiger partial charge in [-0.05, 0) is 19.3 Å². The minimum Gasteiger partial charge on any atom is -0.381 e. The van der Waals surface area contributed by atoms with Crippen LogP contribution in [-0.4, -0.2) is 35.7 Å². The topological polar surface area (TPSA) is 104 Å². The first-order chi connectivity index (χ1) is 6.59. The van der Waals surface area contributed by atoms with E-state index in [9.17, 15) is 9.59 Å². The molecule has 0 heterocycles. The van der Waals surface area contributed by atoms with E-state index in [4.69, 9.17) is 10.8 Å². The Labute approximate surface area is 81.8 Å². The molecule has 6 nitrogen and oxygen atoms in total. The van der Waals surface area contributed by atoms with Crippen LogP contribution in [-0.2, 0) is 4.79 Å². The molecule has 1 saturated carbocycles. The van der Waals surface area contributed by atoms with Crippen LogP contribution in [0.1, 0.15) is 19.3 Å². The van der Waals surface area contributed by atoms with Crippen molar-refractivity contribution in [2.75, 3.05) is 6.54 Å². The van der Waals surface area contributed by atoms with Gasteiger partial charge in [0.15, 0.2) is 0 Å². The molecule has 1 fully saturated rings. The number of aliphatic hydroxyl groups is 1. The number of carbonyl (C=O) groups excluding carboxylic acids is 2. The highest BCUT2D eigenvalue weighted by Gasteiger charge is 2.19. The van der Waals surface area contributed by atoms with E-state index in [1.807, 2.05) is 0 Å². The summed E-state index contributed by atoms with van der Waals surface area (Å²) in [6.07, 6.45) is 1.80. The molecule has 1 rings (SSSR count). The molecule has 6 heteroatoms. The average Bonchev–Trinajstić information content (AvgIpc) is 2.07. The quantitative estimate of drug-likeness (QED) is 0.453. The number of urea groups is 1. The zero-order valence-electron chi connectivity index (χ0n) is 7.82. The minimum atomic E-state index is -1.32. The number of hydrogen-bond donors (Lipinski definition) is 4. The van der Waals surface area contributed by atoms with Gasteiger partial charge in [-0.25, -0.2) is 4.79 Å². The highest BCUT2D eigenvalue weighted by Crippen LogP contribution is 2.17. The fourth-order valence-corrected chi connectivity index (χ4v) is 1.08. The number of hydrogen-bond acceptors (Lipinski definition) is 3. The normalized spacial score (nSPS) is 18.1. The second kappa shape index (κ2) is 4.80. The van der Waals surface area contributed by atoms with Gasteiger partial charge in [-0.3, -0.25) is 4.79 Å². The number of rotatable bonds is 4. The van der Waals surface area contributed by atoms with Crippen molar-refractivity contribution in [3.8, 4) is 0 Å². The lowest BCUT2D eigenvalue weighted by molar-refractivity contribution is -0.125. The Morgan fingerprint density at radius 1 is 1.50 bits per heavy atom. The molecule has 0 aliphatic heterocycles. The maximum Gasteiger partial charge on any atom is 0.315 e. The monoisotopic (exact) mass is 201 g/mol. The molecule has 0 aromatic rings. The molecule has 0 aromatic carbocycles. The van der Waals surface area contributed by atoms with Gasteiger partial charge in [0.25, 0.3) is 0 Å². The second-order valence-electron chi connectivity index (χ2n) is 3.40. The molecule has 3 amide bonds. The van der Waals surface area contributed by atoms with Gasteiger partial charge in [-0.15, -0.1) is 0 Å². The van der Waals surface area contributed by atoms with Crippen molar-refractivity contribution in [2.24, 2.45) is 5.73 Å². The first-order valence-corrected chi connectivity index (χ1v) is 4.61. The van der Waals surface area contributed by atoms with Crippen LogP contribution >= 0.6 is 0 Å². The zero-order valence-corrected chi connectivity index (χ0v) is 7.82. The van der Waals surface area contributed by atoms with Gasteiger partial charge in [0.2, 0.25) is 5.91 Å². The summed E-state index contributed by atoms with van der Waals surface area (Å²) in [6, 6.07) is -0.129. The summed E-state index contributed by atoms with van der Waals surface area (Å²) in [6.45, 7) is -0.145. The second-order valence-corrected chi connectivity index (χ2v) is 3.40. The molecule has 1 aliphatic rings. The molecule has 1 aliphatic carbocycles. The number of nitrogens with one attached hydrogen (secondary N) is 2. The number of nitrogens with two attached hydrogens (primary N) is 1. The van der Waals surface area contributed by atoms with Crippen LogP contribution < -0.4 is 16.4 Å². The molecule has 1 unspecified atom stereocenters. The van der Waals surface area contributed by atoms with Gasteiger partial charge in [-0.2, -0.15) is 0 Å². The molecule has 0 radical (unpaired) electrons. The Morgan fingerprint density at radius 2 is 2.14 bits per heavy atom. The van der Waals surface area contributed by atoms with Crippen molar-refractivity contribution < 1.29 is 14.7 Å². The van der Waals surface area contributed by atoms with Crippen molar-refractivity contribution in [3.63, 3.8) is 0 Å². The lowest BCUT2D eigenvalue weighted by Gasteiger charge is -2.26. The first-order valence-electron chi connectivity index (χ1n) is 4.61. The summed E-state index contributed by atoms with van der Waals surface area (Å²) in [4.78, 5) is 21.5. The van der Waals surface area contributed by atoms with E-state index in [-0.39, 0.29) is 18.6 Å². The summed E-state index contributed by atoms with van der Waals surface area (Å²) in [5.41, 5.74) is 4.80. The summed E-state index contributed by atoms with van der Waals surface area (Å²) < 4.78 is 0. The van der Waals surface area contributed by atoms with Crippen LogP contribution in [0.4, 0.5) is 4.79 Å². The van der Waals surface area contributed by atoms with Crippen LogP contribution in [0.15, 0.2) is 0 Å². The molecule has 0 saturated heterocycles. The smallest absolute Gasteiger partial charge is 0.315 e. The van der Waals surface area contributed by atoms with Gasteiger partial charge in [0.1, 0.15) is 6.10 Å². The van der Waals surface area contributed by atoms with Crippen molar-refractivity contribution in [2.45, 2.75) is 31.4 Å². The van der Waals surface area contributed by atoms with E-state index in [2.05, 4.69) is 10.6 Å². The summed E-state index contributed by atoms with van der Waals surface area (Å²) >= 11 is 0. The fourth-order valence-electron chi connectivity index (χ4n) is 1.08. The van der Waals surface area contributed by atoms with E-state index < -0.39 is 12.0 Å². The first kappa shape index (κ1) is 10.8. The van der Waals surface area contributed by atoms with Gasteiger partial charge < -0.3 is 21.5 Å². The van der Waals surface area contributed by atoms with Gasteiger partial charge in [0.05, 0.1) is 6.54 Å². The SMILES string of the molecule is NC(=O)C(O)CNC(=O)NC1CCC1. The Morgan fingerprint density at radius 3 is 2.57 bits per heavy atom. The van der Waals surface area contributed by atoms with Crippen molar-refractivity contribution in [1.82, 2.24) is 10.6 Å². The number of primary amides is 1. The highest BCUT2D eigenvalue weighted by atomic mass is 16.3. The van der Waals surface area contributed by atoms with Crippen molar-refractivity contribution in [1.29, 1.82) is 0 Å². The van der Waals surface area contributed by atoms with E-state index in [0.717, 1.165) is 19.3 Å².